The Morgan fingerprint density at radius 1 is 1.09 bits per heavy atom. The van der Waals surface area contributed by atoms with E-state index in [0.717, 1.165) is 40.6 Å². The highest BCUT2D eigenvalue weighted by Crippen LogP contribution is 2.46. The van der Waals surface area contributed by atoms with Crippen LogP contribution < -0.4 is 0 Å². The van der Waals surface area contributed by atoms with Gasteiger partial charge in [0.1, 0.15) is 0 Å². The molecule has 0 unspecified atom stereocenters. The summed E-state index contributed by atoms with van der Waals surface area (Å²) in [6.07, 6.45) is 7.60. The van der Waals surface area contributed by atoms with E-state index in [4.69, 9.17) is 0 Å². The van der Waals surface area contributed by atoms with E-state index in [1.54, 1.807) is 25.1 Å². The molecule has 5 rings (SSSR count). The number of allylic oxidation sites excluding steroid dienone is 1. The second-order valence-corrected chi connectivity index (χ2v) is 11.2. The topological polar surface area (TPSA) is 76.4 Å². The summed E-state index contributed by atoms with van der Waals surface area (Å²) in [5, 5.41) is 10.7. The lowest BCUT2D eigenvalue weighted by atomic mass is 9.81. The zero-order valence-electron chi connectivity index (χ0n) is 18.2. The van der Waals surface area contributed by atoms with Gasteiger partial charge in [-0.3, -0.25) is 0 Å². The summed E-state index contributed by atoms with van der Waals surface area (Å²) in [7, 11) is -3.42. The van der Waals surface area contributed by atoms with E-state index >= 15 is 0 Å². The lowest BCUT2D eigenvalue weighted by Gasteiger charge is -2.24. The fourth-order valence-corrected chi connectivity index (χ4v) is 6.36. The van der Waals surface area contributed by atoms with Crippen molar-refractivity contribution in [1.82, 2.24) is 4.57 Å². The van der Waals surface area contributed by atoms with Gasteiger partial charge in [-0.15, -0.1) is 0 Å². The predicted octanol–water partition coefficient (Wildman–Crippen LogP) is 5.84. The van der Waals surface area contributed by atoms with Crippen molar-refractivity contribution in [3.05, 3.63) is 64.1 Å². The van der Waals surface area contributed by atoms with E-state index < -0.39 is 15.8 Å². The highest BCUT2D eigenvalue weighted by atomic mass is 32.2. The molecule has 1 N–H and O–H groups in total. The number of aromatic carboxylic acids is 1. The molecule has 1 aliphatic heterocycles. The monoisotopic (exact) mass is 449 g/mol. The zero-order chi connectivity index (χ0) is 22.5. The number of benzene rings is 2. The van der Waals surface area contributed by atoms with Gasteiger partial charge >= 0.3 is 5.97 Å². The predicted molar refractivity (Wildman–Crippen MR) is 128 cm³/mol. The Bertz CT molecular complexity index is 1360. The van der Waals surface area contributed by atoms with Crippen LogP contribution in [-0.2, 0) is 16.4 Å². The first-order valence-corrected chi connectivity index (χ1v) is 13.0. The van der Waals surface area contributed by atoms with Crippen LogP contribution in [0.15, 0.2) is 47.4 Å². The standard InChI is InChI=1S/C26H27NO4S/c1-2-32(30,31)20-14-18-10-6-7-11-21(18)25-24(17-8-4-3-5-9-17)22-13-12-19(26(28)29)15-23(22)27(25)16-20/h6-7,10-15,17H,2-5,8-9,16H2,1H3,(H,28,29). The van der Waals surface area contributed by atoms with Gasteiger partial charge in [-0.1, -0.05) is 56.5 Å². The largest absolute Gasteiger partial charge is 0.478 e. The molecule has 1 aromatic heterocycles. The maximum atomic E-state index is 13.0. The Morgan fingerprint density at radius 3 is 2.56 bits per heavy atom. The maximum absolute atomic E-state index is 13.0. The van der Waals surface area contributed by atoms with Gasteiger partial charge in [-0.25, -0.2) is 13.2 Å². The van der Waals surface area contributed by atoms with Crippen LogP contribution in [0.25, 0.3) is 28.2 Å². The summed E-state index contributed by atoms with van der Waals surface area (Å²) < 4.78 is 28.0. The molecule has 0 spiro atoms. The number of hydrogen-bond acceptors (Lipinski definition) is 3. The van der Waals surface area contributed by atoms with Crippen molar-refractivity contribution >= 4 is 32.8 Å². The molecular weight excluding hydrogens is 422 g/mol. The second kappa shape index (κ2) is 7.93. The molecular formula is C26H27NO4S. The van der Waals surface area contributed by atoms with Crippen molar-refractivity contribution in [3.63, 3.8) is 0 Å². The molecule has 0 radical (unpaired) electrons. The van der Waals surface area contributed by atoms with Crippen molar-refractivity contribution in [2.75, 3.05) is 5.75 Å². The lowest BCUT2D eigenvalue weighted by molar-refractivity contribution is 0.0697. The molecule has 32 heavy (non-hydrogen) atoms. The van der Waals surface area contributed by atoms with Gasteiger partial charge in [0.25, 0.3) is 0 Å². The first-order chi connectivity index (χ1) is 15.4. The molecule has 0 saturated heterocycles. The van der Waals surface area contributed by atoms with Gasteiger partial charge < -0.3 is 9.67 Å². The van der Waals surface area contributed by atoms with Gasteiger partial charge in [0.15, 0.2) is 9.84 Å². The SMILES string of the molecule is CCS(=O)(=O)C1=Cc2ccccc2-c2c(C3CCCCC3)c3ccc(C(=O)O)cc3n2C1. The molecule has 0 atom stereocenters. The number of carboxylic acids is 1. The quantitative estimate of drug-likeness (QED) is 0.543. The Balaban J connectivity index is 1.88. The van der Waals surface area contributed by atoms with Crippen LogP contribution in [0.3, 0.4) is 0 Å². The van der Waals surface area contributed by atoms with E-state index in [9.17, 15) is 18.3 Å². The fourth-order valence-electron chi connectivity index (χ4n) is 5.36. The summed E-state index contributed by atoms with van der Waals surface area (Å²) in [5.41, 5.74) is 5.22. The molecule has 1 aliphatic carbocycles. The van der Waals surface area contributed by atoms with Gasteiger partial charge in [-0.05, 0) is 48.1 Å². The number of fused-ring (bicyclic) bond motifs is 5. The van der Waals surface area contributed by atoms with Crippen molar-refractivity contribution in [3.8, 4) is 11.3 Å². The number of aromatic nitrogens is 1. The van der Waals surface area contributed by atoms with Crippen molar-refractivity contribution in [1.29, 1.82) is 0 Å². The molecule has 3 aromatic rings. The smallest absolute Gasteiger partial charge is 0.335 e. The summed E-state index contributed by atoms with van der Waals surface area (Å²) in [6.45, 7) is 1.88. The average Bonchev–Trinajstić information content (AvgIpc) is 3.01. The summed E-state index contributed by atoms with van der Waals surface area (Å²) in [6, 6.07) is 13.3. The average molecular weight is 450 g/mol. The summed E-state index contributed by atoms with van der Waals surface area (Å²) >= 11 is 0. The minimum atomic E-state index is -3.42. The van der Waals surface area contributed by atoms with Gasteiger partial charge in [0.2, 0.25) is 0 Å². The normalized spacial score (nSPS) is 16.8. The number of nitrogens with zero attached hydrogens (tertiary/aromatic N) is 1. The van der Waals surface area contributed by atoms with Crippen LogP contribution in [0, 0.1) is 0 Å². The molecule has 2 aliphatic rings. The van der Waals surface area contributed by atoms with E-state index in [1.807, 2.05) is 24.3 Å². The molecule has 166 valence electrons. The van der Waals surface area contributed by atoms with Gasteiger partial charge in [0.05, 0.1) is 28.5 Å². The van der Waals surface area contributed by atoms with E-state index in [1.165, 1.54) is 24.8 Å². The molecule has 5 nitrogen and oxygen atoms in total. The van der Waals surface area contributed by atoms with Gasteiger partial charge in [-0.2, -0.15) is 0 Å². The summed E-state index contributed by atoms with van der Waals surface area (Å²) in [5.74, 6) is -0.561. The van der Waals surface area contributed by atoms with Crippen molar-refractivity contribution in [2.24, 2.45) is 0 Å². The minimum Gasteiger partial charge on any atom is -0.478 e. The Hall–Kier alpha value is -2.86. The third-order valence-corrected chi connectivity index (χ3v) is 8.80. The number of carbonyl (C=O) groups is 1. The van der Waals surface area contributed by atoms with E-state index in [2.05, 4.69) is 10.6 Å². The van der Waals surface area contributed by atoms with E-state index in [-0.39, 0.29) is 17.9 Å². The van der Waals surface area contributed by atoms with Crippen LogP contribution in [0.2, 0.25) is 0 Å². The first kappa shape index (κ1) is 21.0. The number of sulfone groups is 1. The zero-order valence-corrected chi connectivity index (χ0v) is 19.0. The van der Waals surface area contributed by atoms with Crippen molar-refractivity contribution in [2.45, 2.75) is 51.5 Å². The highest BCUT2D eigenvalue weighted by molar-refractivity contribution is 7.95. The Kier molecular flexibility index (Phi) is 5.20. The summed E-state index contributed by atoms with van der Waals surface area (Å²) in [4.78, 5) is 12.1. The Labute approximate surface area is 188 Å². The maximum Gasteiger partial charge on any atom is 0.335 e. The van der Waals surface area contributed by atoms with Crippen LogP contribution in [0.5, 0.6) is 0 Å². The highest BCUT2D eigenvalue weighted by Gasteiger charge is 2.31. The third-order valence-electron chi connectivity index (χ3n) is 6.99. The number of carboxylic acid groups (broad SMARTS) is 1. The Morgan fingerprint density at radius 2 is 1.84 bits per heavy atom. The molecule has 0 bridgehead atoms. The second-order valence-electron chi connectivity index (χ2n) is 8.82. The van der Waals surface area contributed by atoms with Gasteiger partial charge in [0, 0.05) is 16.5 Å². The van der Waals surface area contributed by atoms with Crippen LogP contribution in [0.4, 0.5) is 0 Å². The third kappa shape index (κ3) is 3.37. The molecule has 2 aromatic carbocycles. The first-order valence-electron chi connectivity index (χ1n) is 11.3. The molecule has 2 heterocycles. The fraction of sp³-hybridized carbons (Fsp3) is 0.346. The molecule has 0 amide bonds. The number of rotatable bonds is 4. The van der Waals surface area contributed by atoms with E-state index in [0.29, 0.717) is 10.8 Å². The molecule has 1 fully saturated rings. The lowest BCUT2D eigenvalue weighted by Crippen LogP contribution is -2.13. The molecule has 6 heteroatoms. The minimum absolute atomic E-state index is 0.0331. The van der Waals surface area contributed by atoms with Crippen LogP contribution in [-0.4, -0.2) is 29.8 Å². The molecule has 1 saturated carbocycles. The van der Waals surface area contributed by atoms with Crippen molar-refractivity contribution < 1.29 is 18.3 Å². The van der Waals surface area contributed by atoms with Crippen LogP contribution >= 0.6 is 0 Å². The number of hydrogen-bond donors (Lipinski definition) is 1. The van der Waals surface area contributed by atoms with Crippen LogP contribution in [0.1, 0.15) is 66.4 Å².